The number of rotatable bonds is 3. The van der Waals surface area contributed by atoms with Crippen LogP contribution in [-0.4, -0.2) is 6.67 Å². The van der Waals surface area contributed by atoms with Crippen molar-refractivity contribution in [1.29, 1.82) is 0 Å². The summed E-state index contributed by atoms with van der Waals surface area (Å²) in [5, 5.41) is 0. The second kappa shape index (κ2) is 6.72. The van der Waals surface area contributed by atoms with Crippen molar-refractivity contribution in [3.63, 3.8) is 0 Å². The smallest absolute Gasteiger partial charge is 0.0995 e. The van der Waals surface area contributed by atoms with Crippen molar-refractivity contribution in [3.8, 4) is 0 Å². The fraction of sp³-hybridized carbons (Fsp3) is 0.167. The number of aryl methyl sites for hydroxylation is 3. The lowest BCUT2D eigenvalue weighted by Gasteiger charge is -2.28. The van der Waals surface area contributed by atoms with Gasteiger partial charge in [0.15, 0.2) is 0 Å². The Hall–Kier alpha value is -3.00. The molecule has 26 heavy (non-hydrogen) atoms. The second-order valence-electron chi connectivity index (χ2n) is 7.00. The van der Waals surface area contributed by atoms with Crippen molar-refractivity contribution in [2.75, 3.05) is 16.5 Å². The molecule has 0 spiro atoms. The van der Waals surface area contributed by atoms with Crippen LogP contribution in [0.4, 0.5) is 11.4 Å². The standard InChI is InChI=1S/C24H24N2/c1-18-14-19(2)24(20(3)15-18)26-17-25(22-12-8-5-9-13-22)16-23(26)21-10-6-4-7-11-21/h4-16H,17H2,1-3H3. The Kier molecular flexibility index (Phi) is 4.26. The fourth-order valence-electron chi connectivity index (χ4n) is 3.89. The third-order valence-corrected chi connectivity index (χ3v) is 4.93. The lowest BCUT2D eigenvalue weighted by Crippen LogP contribution is -2.27. The first-order valence-corrected chi connectivity index (χ1v) is 9.08. The van der Waals surface area contributed by atoms with E-state index in [1.807, 2.05) is 0 Å². The van der Waals surface area contributed by atoms with Crippen LogP contribution < -0.4 is 9.80 Å². The Morgan fingerprint density at radius 1 is 0.731 bits per heavy atom. The van der Waals surface area contributed by atoms with E-state index < -0.39 is 0 Å². The van der Waals surface area contributed by atoms with E-state index in [2.05, 4.69) is 110 Å². The first-order chi connectivity index (χ1) is 12.6. The number of nitrogens with zero attached hydrogens (tertiary/aromatic N) is 2. The number of hydrogen-bond acceptors (Lipinski definition) is 2. The molecule has 0 saturated carbocycles. The molecule has 2 nitrogen and oxygen atoms in total. The Labute approximate surface area is 156 Å². The van der Waals surface area contributed by atoms with Crippen LogP contribution in [0.3, 0.4) is 0 Å². The zero-order valence-corrected chi connectivity index (χ0v) is 15.6. The molecular formula is C24H24N2. The van der Waals surface area contributed by atoms with Crippen molar-refractivity contribution in [1.82, 2.24) is 0 Å². The second-order valence-corrected chi connectivity index (χ2v) is 7.00. The summed E-state index contributed by atoms with van der Waals surface area (Å²) >= 11 is 0. The average Bonchev–Trinajstić information content (AvgIpc) is 3.07. The monoisotopic (exact) mass is 340 g/mol. The van der Waals surface area contributed by atoms with Crippen LogP contribution in [0, 0.1) is 20.8 Å². The molecule has 0 atom stereocenters. The van der Waals surface area contributed by atoms with Gasteiger partial charge in [-0.2, -0.15) is 0 Å². The molecule has 0 N–H and O–H groups in total. The van der Waals surface area contributed by atoms with Gasteiger partial charge in [0.2, 0.25) is 0 Å². The van der Waals surface area contributed by atoms with E-state index >= 15 is 0 Å². The fourth-order valence-corrected chi connectivity index (χ4v) is 3.89. The lowest BCUT2D eigenvalue weighted by molar-refractivity contribution is 0.970. The molecule has 3 aromatic rings. The summed E-state index contributed by atoms with van der Waals surface area (Å²) in [6, 6.07) is 25.8. The highest BCUT2D eigenvalue weighted by atomic mass is 15.4. The maximum atomic E-state index is 2.44. The van der Waals surface area contributed by atoms with E-state index in [4.69, 9.17) is 0 Å². The summed E-state index contributed by atoms with van der Waals surface area (Å²) < 4.78 is 0. The Bertz CT molecular complexity index is 919. The van der Waals surface area contributed by atoms with Gasteiger partial charge in [0.05, 0.1) is 12.4 Å². The zero-order chi connectivity index (χ0) is 18.1. The largest absolute Gasteiger partial charge is 0.327 e. The Morgan fingerprint density at radius 3 is 1.92 bits per heavy atom. The van der Waals surface area contributed by atoms with Gasteiger partial charge in [-0.15, -0.1) is 0 Å². The maximum absolute atomic E-state index is 2.44. The van der Waals surface area contributed by atoms with Crippen LogP contribution in [0.1, 0.15) is 22.3 Å². The maximum Gasteiger partial charge on any atom is 0.0995 e. The molecule has 0 radical (unpaired) electrons. The minimum Gasteiger partial charge on any atom is -0.327 e. The van der Waals surface area contributed by atoms with Gasteiger partial charge in [-0.25, -0.2) is 0 Å². The van der Waals surface area contributed by atoms with Gasteiger partial charge in [0, 0.05) is 17.6 Å². The highest BCUT2D eigenvalue weighted by Crippen LogP contribution is 2.37. The summed E-state index contributed by atoms with van der Waals surface area (Å²) in [7, 11) is 0. The first-order valence-electron chi connectivity index (χ1n) is 9.08. The molecule has 130 valence electrons. The van der Waals surface area contributed by atoms with Crippen molar-refractivity contribution in [2.24, 2.45) is 0 Å². The predicted molar refractivity (Wildman–Crippen MR) is 111 cm³/mol. The van der Waals surface area contributed by atoms with Gasteiger partial charge in [0.1, 0.15) is 0 Å². The van der Waals surface area contributed by atoms with E-state index in [0.717, 1.165) is 6.67 Å². The van der Waals surface area contributed by atoms with Gasteiger partial charge in [0.25, 0.3) is 0 Å². The van der Waals surface area contributed by atoms with Gasteiger partial charge >= 0.3 is 0 Å². The number of hydrogen-bond donors (Lipinski definition) is 0. The Balaban J connectivity index is 1.82. The van der Waals surface area contributed by atoms with Gasteiger partial charge in [-0.3, -0.25) is 0 Å². The lowest BCUT2D eigenvalue weighted by atomic mass is 10.0. The third-order valence-electron chi connectivity index (χ3n) is 4.93. The molecule has 2 heteroatoms. The highest BCUT2D eigenvalue weighted by molar-refractivity contribution is 5.87. The van der Waals surface area contributed by atoms with Crippen LogP contribution in [0.5, 0.6) is 0 Å². The molecule has 1 aliphatic heterocycles. The minimum absolute atomic E-state index is 0.818. The topological polar surface area (TPSA) is 6.48 Å². The summed E-state index contributed by atoms with van der Waals surface area (Å²) in [4.78, 5) is 4.76. The van der Waals surface area contributed by atoms with Crippen molar-refractivity contribution < 1.29 is 0 Å². The summed E-state index contributed by atoms with van der Waals surface area (Å²) in [6.45, 7) is 7.41. The molecule has 0 saturated heterocycles. The van der Waals surface area contributed by atoms with Crippen LogP contribution in [-0.2, 0) is 0 Å². The molecular weight excluding hydrogens is 316 g/mol. The minimum atomic E-state index is 0.818. The van der Waals surface area contributed by atoms with Crippen molar-refractivity contribution >= 4 is 17.1 Å². The van der Waals surface area contributed by atoms with E-state index in [1.165, 1.54) is 39.3 Å². The highest BCUT2D eigenvalue weighted by Gasteiger charge is 2.26. The number of para-hydroxylation sites is 1. The molecule has 3 aromatic carbocycles. The molecule has 0 amide bonds. The van der Waals surface area contributed by atoms with Gasteiger partial charge in [-0.05, 0) is 49.6 Å². The molecule has 4 rings (SSSR count). The normalized spacial score (nSPS) is 13.9. The molecule has 0 aliphatic carbocycles. The molecule has 0 aromatic heterocycles. The van der Waals surface area contributed by atoms with E-state index in [9.17, 15) is 0 Å². The van der Waals surface area contributed by atoms with Crippen molar-refractivity contribution in [2.45, 2.75) is 20.8 Å². The van der Waals surface area contributed by atoms with E-state index in [1.54, 1.807) is 0 Å². The van der Waals surface area contributed by atoms with Crippen molar-refractivity contribution in [3.05, 3.63) is 101 Å². The molecule has 0 fully saturated rings. The average molecular weight is 340 g/mol. The molecule has 0 bridgehead atoms. The molecule has 0 unspecified atom stereocenters. The van der Waals surface area contributed by atoms with Crippen LogP contribution in [0.2, 0.25) is 0 Å². The summed E-state index contributed by atoms with van der Waals surface area (Å²) in [5.41, 5.74) is 8.95. The van der Waals surface area contributed by atoms with Crippen LogP contribution >= 0.6 is 0 Å². The van der Waals surface area contributed by atoms with Crippen LogP contribution in [0.15, 0.2) is 79.0 Å². The Morgan fingerprint density at radius 2 is 1.31 bits per heavy atom. The van der Waals surface area contributed by atoms with Gasteiger partial charge in [-0.1, -0.05) is 66.2 Å². The van der Waals surface area contributed by atoms with Crippen LogP contribution in [0.25, 0.3) is 5.70 Å². The van der Waals surface area contributed by atoms with E-state index in [0.29, 0.717) is 0 Å². The SMILES string of the molecule is Cc1cc(C)c(N2CN(c3ccccc3)C=C2c2ccccc2)c(C)c1. The molecule has 1 aliphatic rings. The predicted octanol–water partition coefficient (Wildman–Crippen LogP) is 5.89. The summed E-state index contributed by atoms with van der Waals surface area (Å²) in [5.74, 6) is 0. The number of anilines is 2. The van der Waals surface area contributed by atoms with E-state index in [-0.39, 0.29) is 0 Å². The summed E-state index contributed by atoms with van der Waals surface area (Å²) in [6.07, 6.45) is 2.27. The first kappa shape index (κ1) is 16.5. The third kappa shape index (κ3) is 2.99. The quantitative estimate of drug-likeness (QED) is 0.586. The zero-order valence-electron chi connectivity index (χ0n) is 15.6. The van der Waals surface area contributed by atoms with Gasteiger partial charge < -0.3 is 9.80 Å². The number of benzene rings is 3. The molecule has 1 heterocycles.